The van der Waals surface area contributed by atoms with E-state index < -0.39 is 0 Å². The lowest BCUT2D eigenvalue weighted by Crippen LogP contribution is -2.34. The zero-order valence-electron chi connectivity index (χ0n) is 15.8. The largest absolute Gasteiger partial charge is 0.484 e. The molecule has 0 saturated carbocycles. The van der Waals surface area contributed by atoms with Gasteiger partial charge in [-0.1, -0.05) is 24.3 Å². The van der Waals surface area contributed by atoms with Crippen molar-refractivity contribution in [2.45, 2.75) is 25.3 Å². The van der Waals surface area contributed by atoms with E-state index in [-0.39, 0.29) is 18.6 Å². The molecule has 29 heavy (non-hydrogen) atoms. The minimum Gasteiger partial charge on any atom is -0.484 e. The fourth-order valence-electron chi connectivity index (χ4n) is 4.01. The molecule has 2 heterocycles. The maximum absolute atomic E-state index is 12.5. The summed E-state index contributed by atoms with van der Waals surface area (Å²) in [4.78, 5) is 16.0. The average Bonchev–Trinajstić information content (AvgIpc) is 3.41. The lowest BCUT2D eigenvalue weighted by atomic mass is 9.91. The number of hydrogen-bond acceptors (Lipinski definition) is 4. The summed E-state index contributed by atoms with van der Waals surface area (Å²) in [6.07, 6.45) is 6.26. The fourth-order valence-corrected chi connectivity index (χ4v) is 4.01. The van der Waals surface area contributed by atoms with E-state index in [1.54, 1.807) is 17.2 Å². The molecule has 2 aromatic carbocycles. The topological polar surface area (TPSA) is 84.8 Å². The van der Waals surface area contributed by atoms with Crippen molar-refractivity contribution in [2.24, 2.45) is 0 Å². The monoisotopic (exact) mass is 387 g/mol. The van der Waals surface area contributed by atoms with E-state index in [2.05, 4.69) is 38.7 Å². The Hall–Kier alpha value is -3.61. The summed E-state index contributed by atoms with van der Waals surface area (Å²) in [6, 6.07) is 15.8. The van der Waals surface area contributed by atoms with Crippen LogP contribution in [0.2, 0.25) is 0 Å². The number of amides is 1. The van der Waals surface area contributed by atoms with Gasteiger partial charge in [0.25, 0.3) is 5.91 Å². The molecule has 146 valence electrons. The van der Waals surface area contributed by atoms with Gasteiger partial charge in [-0.3, -0.25) is 9.36 Å². The first kappa shape index (κ1) is 17.5. The van der Waals surface area contributed by atoms with E-state index in [0.717, 1.165) is 36.2 Å². The average molecular weight is 387 g/mol. The van der Waals surface area contributed by atoms with Crippen molar-refractivity contribution in [1.29, 1.82) is 0 Å². The van der Waals surface area contributed by atoms with Gasteiger partial charge < -0.3 is 15.0 Å². The van der Waals surface area contributed by atoms with Crippen LogP contribution in [0.3, 0.4) is 0 Å². The van der Waals surface area contributed by atoms with E-state index in [9.17, 15) is 4.79 Å². The van der Waals surface area contributed by atoms with Gasteiger partial charge in [-0.15, -0.1) is 10.2 Å². The number of para-hydroxylation sites is 1. The van der Waals surface area contributed by atoms with E-state index in [1.165, 1.54) is 10.9 Å². The van der Waals surface area contributed by atoms with Crippen molar-refractivity contribution in [3.8, 4) is 11.4 Å². The molecule has 2 aromatic heterocycles. The molecular weight excluding hydrogens is 366 g/mol. The fraction of sp³-hybridized carbons (Fsp3) is 0.227. The van der Waals surface area contributed by atoms with Gasteiger partial charge in [0.2, 0.25) is 0 Å². The van der Waals surface area contributed by atoms with Crippen molar-refractivity contribution in [1.82, 2.24) is 25.1 Å². The number of aryl methyl sites for hydroxylation is 1. The first-order chi connectivity index (χ1) is 14.3. The maximum Gasteiger partial charge on any atom is 0.258 e. The number of benzene rings is 2. The molecule has 7 heteroatoms. The van der Waals surface area contributed by atoms with Gasteiger partial charge in [0.15, 0.2) is 6.61 Å². The summed E-state index contributed by atoms with van der Waals surface area (Å²) < 4.78 is 7.50. The van der Waals surface area contributed by atoms with Crippen LogP contribution in [0.25, 0.3) is 16.6 Å². The number of rotatable bonds is 5. The Kier molecular flexibility index (Phi) is 4.48. The van der Waals surface area contributed by atoms with Crippen LogP contribution in [-0.4, -0.2) is 32.3 Å². The maximum atomic E-state index is 12.5. The SMILES string of the molecule is O=C(COc1cccc(-n2cnnc2)c1)N[C@@H]1CCCc2c1[nH]c1ccccc21. The van der Waals surface area contributed by atoms with Gasteiger partial charge >= 0.3 is 0 Å². The number of nitrogens with one attached hydrogen (secondary N) is 2. The zero-order valence-corrected chi connectivity index (χ0v) is 15.8. The third kappa shape index (κ3) is 3.47. The molecule has 0 spiro atoms. The highest BCUT2D eigenvalue weighted by molar-refractivity contribution is 5.85. The van der Waals surface area contributed by atoms with Crippen molar-refractivity contribution < 1.29 is 9.53 Å². The third-order valence-electron chi connectivity index (χ3n) is 5.35. The Balaban J connectivity index is 1.26. The molecule has 0 radical (unpaired) electrons. The van der Waals surface area contributed by atoms with Gasteiger partial charge in [-0.05, 0) is 43.0 Å². The lowest BCUT2D eigenvalue weighted by Gasteiger charge is -2.24. The number of aromatic nitrogens is 4. The van der Waals surface area contributed by atoms with Crippen molar-refractivity contribution >= 4 is 16.8 Å². The Bertz CT molecular complexity index is 1150. The molecule has 0 saturated heterocycles. The van der Waals surface area contributed by atoms with Gasteiger partial charge in [-0.25, -0.2) is 0 Å². The number of H-pyrrole nitrogens is 1. The molecule has 4 aromatic rings. The number of carbonyl (C=O) groups excluding carboxylic acids is 1. The summed E-state index contributed by atoms with van der Waals surface area (Å²) in [5, 5.41) is 12.0. The molecule has 0 fully saturated rings. The van der Waals surface area contributed by atoms with Crippen LogP contribution in [0.4, 0.5) is 0 Å². The molecule has 0 unspecified atom stereocenters. The lowest BCUT2D eigenvalue weighted by molar-refractivity contribution is -0.124. The summed E-state index contributed by atoms with van der Waals surface area (Å²) in [5.74, 6) is 0.498. The second-order valence-corrected chi connectivity index (χ2v) is 7.23. The molecule has 1 aliphatic rings. The van der Waals surface area contributed by atoms with Crippen molar-refractivity contribution in [2.75, 3.05) is 6.61 Å². The number of fused-ring (bicyclic) bond motifs is 3. The first-order valence-electron chi connectivity index (χ1n) is 9.74. The minimum atomic E-state index is -0.129. The number of ether oxygens (including phenoxy) is 1. The summed E-state index contributed by atoms with van der Waals surface area (Å²) in [7, 11) is 0. The third-order valence-corrected chi connectivity index (χ3v) is 5.35. The quantitative estimate of drug-likeness (QED) is 0.550. The predicted octanol–water partition coefficient (Wildman–Crippen LogP) is 3.32. The van der Waals surface area contributed by atoms with Crippen molar-refractivity contribution in [3.05, 3.63) is 72.4 Å². The first-order valence-corrected chi connectivity index (χ1v) is 9.74. The standard InChI is InChI=1S/C22H21N5O2/c28-21(12-29-16-6-3-5-15(11-16)27-13-23-24-14-27)25-20-10-4-8-18-17-7-1-2-9-19(17)26-22(18)20/h1-3,5-7,9,11,13-14,20,26H,4,8,10,12H2,(H,25,28)/t20-/m1/s1. The molecule has 0 bridgehead atoms. The van der Waals surface area contributed by atoms with Gasteiger partial charge in [0, 0.05) is 22.7 Å². The number of aromatic amines is 1. The molecule has 0 aliphatic heterocycles. The Morgan fingerprint density at radius 2 is 2.03 bits per heavy atom. The molecule has 1 aliphatic carbocycles. The summed E-state index contributed by atoms with van der Waals surface area (Å²) in [6.45, 7) is -0.0301. The predicted molar refractivity (Wildman–Crippen MR) is 109 cm³/mol. The summed E-state index contributed by atoms with van der Waals surface area (Å²) >= 11 is 0. The van der Waals surface area contributed by atoms with Crippen LogP contribution >= 0.6 is 0 Å². The van der Waals surface area contributed by atoms with Crippen LogP contribution in [0.15, 0.2) is 61.2 Å². The Labute approximate surface area is 167 Å². The highest BCUT2D eigenvalue weighted by atomic mass is 16.5. The van der Waals surface area contributed by atoms with E-state index in [1.807, 2.05) is 30.3 Å². The van der Waals surface area contributed by atoms with Crippen LogP contribution in [0.1, 0.15) is 30.1 Å². The van der Waals surface area contributed by atoms with E-state index in [4.69, 9.17) is 4.74 Å². The molecule has 7 nitrogen and oxygen atoms in total. The van der Waals surface area contributed by atoms with E-state index >= 15 is 0 Å². The van der Waals surface area contributed by atoms with Gasteiger partial charge in [-0.2, -0.15) is 0 Å². The zero-order chi connectivity index (χ0) is 19.6. The van der Waals surface area contributed by atoms with Gasteiger partial charge in [0.1, 0.15) is 18.4 Å². The van der Waals surface area contributed by atoms with Crippen LogP contribution in [0, 0.1) is 0 Å². The smallest absolute Gasteiger partial charge is 0.258 e. The number of nitrogens with zero attached hydrogens (tertiary/aromatic N) is 3. The second kappa shape index (κ2) is 7.43. The number of carbonyl (C=O) groups is 1. The number of hydrogen-bond donors (Lipinski definition) is 2. The molecular formula is C22H21N5O2. The van der Waals surface area contributed by atoms with Crippen molar-refractivity contribution in [3.63, 3.8) is 0 Å². The summed E-state index contributed by atoms with van der Waals surface area (Å²) in [5.41, 5.74) is 4.45. The Morgan fingerprint density at radius 1 is 1.17 bits per heavy atom. The normalized spacial score (nSPS) is 15.8. The Morgan fingerprint density at radius 3 is 2.93 bits per heavy atom. The molecule has 1 amide bonds. The molecule has 5 rings (SSSR count). The second-order valence-electron chi connectivity index (χ2n) is 7.23. The molecule has 2 N–H and O–H groups in total. The highest BCUT2D eigenvalue weighted by Crippen LogP contribution is 2.34. The van der Waals surface area contributed by atoms with E-state index in [0.29, 0.717) is 5.75 Å². The molecule has 1 atom stereocenters. The minimum absolute atomic E-state index is 0.00870. The van der Waals surface area contributed by atoms with Gasteiger partial charge in [0.05, 0.1) is 11.7 Å². The van der Waals surface area contributed by atoms with Crippen LogP contribution in [0.5, 0.6) is 5.75 Å². The highest BCUT2D eigenvalue weighted by Gasteiger charge is 2.25. The van der Waals surface area contributed by atoms with Crippen LogP contribution in [-0.2, 0) is 11.2 Å². The van der Waals surface area contributed by atoms with Crippen LogP contribution < -0.4 is 10.1 Å².